The second-order valence-electron chi connectivity index (χ2n) is 5.86. The lowest BCUT2D eigenvalue weighted by Crippen LogP contribution is -2.35. The van der Waals surface area contributed by atoms with Crippen LogP contribution in [0.25, 0.3) is 0 Å². The molecule has 1 N–H and O–H groups in total. The Bertz CT molecular complexity index is 662. The van der Waals surface area contributed by atoms with Gasteiger partial charge in [0.1, 0.15) is 0 Å². The van der Waals surface area contributed by atoms with Gasteiger partial charge in [0.05, 0.1) is 16.6 Å². The van der Waals surface area contributed by atoms with E-state index in [2.05, 4.69) is 17.4 Å². The molecule has 1 amide bonds. The van der Waals surface area contributed by atoms with Crippen LogP contribution in [0.2, 0.25) is 10.0 Å². The fourth-order valence-corrected chi connectivity index (χ4v) is 2.79. The van der Waals surface area contributed by atoms with Crippen molar-refractivity contribution in [3.05, 3.63) is 69.7 Å². The highest BCUT2D eigenvalue weighted by Crippen LogP contribution is 2.23. The average molecular weight is 365 g/mol. The minimum atomic E-state index is 0.0330. The Labute approximate surface area is 153 Å². The molecule has 0 spiro atoms. The summed E-state index contributed by atoms with van der Waals surface area (Å²) in [6, 6.07) is 15.8. The molecule has 0 radical (unpaired) electrons. The molecule has 0 fully saturated rings. The van der Waals surface area contributed by atoms with Gasteiger partial charge in [-0.2, -0.15) is 0 Å². The van der Waals surface area contributed by atoms with E-state index in [9.17, 15) is 4.79 Å². The van der Waals surface area contributed by atoms with E-state index in [0.717, 1.165) is 18.4 Å². The van der Waals surface area contributed by atoms with E-state index in [4.69, 9.17) is 23.2 Å². The Balaban J connectivity index is 1.66. The zero-order chi connectivity index (χ0) is 17.4. The van der Waals surface area contributed by atoms with E-state index in [1.165, 1.54) is 5.56 Å². The van der Waals surface area contributed by atoms with Gasteiger partial charge in [-0.15, -0.1) is 0 Å². The van der Waals surface area contributed by atoms with Crippen molar-refractivity contribution in [2.45, 2.75) is 19.4 Å². The normalized spacial score (nSPS) is 10.8. The third-order valence-corrected chi connectivity index (χ3v) is 4.40. The first-order chi connectivity index (χ1) is 11.5. The number of hydrogen-bond acceptors (Lipinski definition) is 2. The minimum Gasteiger partial charge on any atom is -0.355 e. The molecule has 0 saturated heterocycles. The molecule has 0 aromatic heterocycles. The van der Waals surface area contributed by atoms with Gasteiger partial charge in [0.25, 0.3) is 0 Å². The molecule has 2 rings (SSSR count). The number of hydrogen-bond donors (Lipinski definition) is 1. The zero-order valence-electron chi connectivity index (χ0n) is 13.8. The third-order valence-electron chi connectivity index (χ3n) is 3.66. The van der Waals surface area contributed by atoms with Crippen LogP contribution in [0.15, 0.2) is 48.5 Å². The average Bonchev–Trinajstić information content (AvgIpc) is 2.56. The number of carbonyl (C=O) groups excluding carboxylic acids is 1. The molecule has 0 aliphatic carbocycles. The molecule has 3 nitrogen and oxygen atoms in total. The molecule has 0 saturated carbocycles. The molecular weight excluding hydrogens is 343 g/mol. The standard InChI is InChI=1S/C19H22Cl2N2O/c1-23(13-16-9-10-17(20)18(21)12-16)14-19(24)22-11-5-8-15-6-3-2-4-7-15/h2-4,6-7,9-10,12H,5,8,11,13-14H2,1H3,(H,22,24). The van der Waals surface area contributed by atoms with Crippen LogP contribution in [-0.4, -0.2) is 30.9 Å². The largest absolute Gasteiger partial charge is 0.355 e. The van der Waals surface area contributed by atoms with Crippen LogP contribution in [-0.2, 0) is 17.8 Å². The molecule has 0 aliphatic rings. The number of benzene rings is 2. The number of carbonyl (C=O) groups is 1. The van der Waals surface area contributed by atoms with Gasteiger partial charge in [0.2, 0.25) is 5.91 Å². The highest BCUT2D eigenvalue weighted by atomic mass is 35.5. The number of nitrogens with one attached hydrogen (secondary N) is 1. The summed E-state index contributed by atoms with van der Waals surface area (Å²) in [7, 11) is 1.91. The van der Waals surface area contributed by atoms with E-state index in [0.29, 0.717) is 29.7 Å². The Kier molecular flexibility index (Phi) is 7.57. The van der Waals surface area contributed by atoms with Gasteiger partial charge in [-0.3, -0.25) is 9.69 Å². The summed E-state index contributed by atoms with van der Waals surface area (Å²) in [5.41, 5.74) is 2.33. The van der Waals surface area contributed by atoms with Gasteiger partial charge < -0.3 is 5.32 Å². The summed E-state index contributed by atoms with van der Waals surface area (Å²) < 4.78 is 0. The van der Waals surface area contributed by atoms with Crippen molar-refractivity contribution in [1.82, 2.24) is 10.2 Å². The Hall–Kier alpha value is -1.55. The molecule has 0 atom stereocenters. The number of likely N-dealkylation sites (N-methyl/N-ethyl adjacent to an activating group) is 1. The predicted molar refractivity (Wildman–Crippen MR) is 101 cm³/mol. The van der Waals surface area contributed by atoms with Crippen molar-refractivity contribution in [2.75, 3.05) is 20.1 Å². The Morgan fingerprint density at radius 1 is 1.04 bits per heavy atom. The lowest BCUT2D eigenvalue weighted by Gasteiger charge is -2.16. The maximum atomic E-state index is 12.0. The second kappa shape index (κ2) is 9.67. The lowest BCUT2D eigenvalue weighted by atomic mass is 10.1. The first-order valence-electron chi connectivity index (χ1n) is 7.97. The van der Waals surface area contributed by atoms with Crippen molar-refractivity contribution in [3.63, 3.8) is 0 Å². The molecule has 0 heterocycles. The van der Waals surface area contributed by atoms with Crippen LogP contribution in [0.5, 0.6) is 0 Å². The fourth-order valence-electron chi connectivity index (χ4n) is 2.47. The summed E-state index contributed by atoms with van der Waals surface area (Å²) in [4.78, 5) is 13.9. The lowest BCUT2D eigenvalue weighted by molar-refractivity contribution is -0.122. The van der Waals surface area contributed by atoms with Crippen LogP contribution in [0.3, 0.4) is 0 Å². The third kappa shape index (κ3) is 6.52. The highest BCUT2D eigenvalue weighted by molar-refractivity contribution is 6.42. The summed E-state index contributed by atoms with van der Waals surface area (Å²) >= 11 is 11.9. The zero-order valence-corrected chi connectivity index (χ0v) is 15.3. The number of nitrogens with zero attached hydrogens (tertiary/aromatic N) is 1. The molecule has 0 unspecified atom stereocenters. The molecule has 128 valence electrons. The van der Waals surface area contributed by atoms with E-state index in [-0.39, 0.29) is 5.91 Å². The van der Waals surface area contributed by atoms with Crippen LogP contribution >= 0.6 is 23.2 Å². The second-order valence-corrected chi connectivity index (χ2v) is 6.67. The molecule has 2 aromatic carbocycles. The maximum Gasteiger partial charge on any atom is 0.234 e. The smallest absolute Gasteiger partial charge is 0.234 e. The van der Waals surface area contributed by atoms with Crippen molar-refractivity contribution in [2.24, 2.45) is 0 Å². The topological polar surface area (TPSA) is 32.3 Å². The van der Waals surface area contributed by atoms with E-state index >= 15 is 0 Å². The number of halogens is 2. The van der Waals surface area contributed by atoms with Gasteiger partial charge in [0.15, 0.2) is 0 Å². The SMILES string of the molecule is CN(CC(=O)NCCCc1ccccc1)Cc1ccc(Cl)c(Cl)c1. The van der Waals surface area contributed by atoms with Gasteiger partial charge >= 0.3 is 0 Å². The van der Waals surface area contributed by atoms with Crippen molar-refractivity contribution in [1.29, 1.82) is 0 Å². The first-order valence-corrected chi connectivity index (χ1v) is 8.73. The summed E-state index contributed by atoms with van der Waals surface area (Å²) in [5.74, 6) is 0.0330. The minimum absolute atomic E-state index is 0.0330. The summed E-state index contributed by atoms with van der Waals surface area (Å²) in [6.45, 7) is 1.69. The molecule has 0 aliphatic heterocycles. The van der Waals surface area contributed by atoms with E-state index < -0.39 is 0 Å². The van der Waals surface area contributed by atoms with Crippen LogP contribution < -0.4 is 5.32 Å². The molecule has 2 aromatic rings. The van der Waals surface area contributed by atoms with Crippen LogP contribution in [0.4, 0.5) is 0 Å². The van der Waals surface area contributed by atoms with E-state index in [1.807, 2.05) is 42.3 Å². The summed E-state index contributed by atoms with van der Waals surface area (Å²) in [5, 5.41) is 4.04. The van der Waals surface area contributed by atoms with Crippen molar-refractivity contribution in [3.8, 4) is 0 Å². The molecular formula is C19H22Cl2N2O. The van der Waals surface area contributed by atoms with Crippen LogP contribution in [0, 0.1) is 0 Å². The molecule has 5 heteroatoms. The van der Waals surface area contributed by atoms with Gasteiger partial charge in [-0.25, -0.2) is 0 Å². The van der Waals surface area contributed by atoms with Crippen LogP contribution in [0.1, 0.15) is 17.5 Å². The quantitative estimate of drug-likeness (QED) is 0.712. The van der Waals surface area contributed by atoms with Gasteiger partial charge in [-0.05, 0) is 43.1 Å². The highest BCUT2D eigenvalue weighted by Gasteiger charge is 2.08. The Morgan fingerprint density at radius 2 is 1.79 bits per heavy atom. The van der Waals surface area contributed by atoms with Gasteiger partial charge in [0, 0.05) is 13.1 Å². The first kappa shape index (κ1) is 18.8. The number of aryl methyl sites for hydroxylation is 1. The number of amides is 1. The monoisotopic (exact) mass is 364 g/mol. The predicted octanol–water partition coefficient (Wildman–Crippen LogP) is 4.17. The summed E-state index contributed by atoms with van der Waals surface area (Å²) in [6.07, 6.45) is 1.91. The maximum absolute atomic E-state index is 12.0. The van der Waals surface area contributed by atoms with Crippen molar-refractivity contribution < 1.29 is 4.79 Å². The van der Waals surface area contributed by atoms with E-state index in [1.54, 1.807) is 6.07 Å². The van der Waals surface area contributed by atoms with Crippen molar-refractivity contribution >= 4 is 29.1 Å². The van der Waals surface area contributed by atoms with Gasteiger partial charge in [-0.1, -0.05) is 59.6 Å². The number of rotatable bonds is 8. The fraction of sp³-hybridized carbons (Fsp3) is 0.316. The Morgan fingerprint density at radius 3 is 2.50 bits per heavy atom. The molecule has 0 bridgehead atoms. The molecule has 24 heavy (non-hydrogen) atoms.